The van der Waals surface area contributed by atoms with E-state index in [2.05, 4.69) is 10.2 Å². The first-order valence-corrected chi connectivity index (χ1v) is 4.70. The number of nitrogens with one attached hydrogen (secondary N) is 1. The minimum absolute atomic E-state index is 0.168. The van der Waals surface area contributed by atoms with Gasteiger partial charge in [0.1, 0.15) is 0 Å². The van der Waals surface area contributed by atoms with Crippen LogP contribution in [0.5, 0.6) is 0 Å². The maximum Gasteiger partial charge on any atom is 0.264 e. The van der Waals surface area contributed by atoms with E-state index in [1.165, 1.54) is 0 Å². The molecule has 4 heteroatoms. The molecule has 0 unspecified atom stereocenters. The van der Waals surface area contributed by atoms with Gasteiger partial charge < -0.3 is 4.57 Å². The van der Waals surface area contributed by atoms with Crippen molar-refractivity contribution in [1.82, 2.24) is 14.8 Å². The zero-order valence-electron chi connectivity index (χ0n) is 8.19. The third kappa shape index (κ3) is 1.01. The predicted octanol–water partition coefficient (Wildman–Crippen LogP) is 1.41. The molecular formula is C11H9N3O. The number of hydrogen-bond donors (Lipinski definition) is 1. The number of nitrogens with zero attached hydrogens (tertiary/aromatic N) is 2. The van der Waals surface area contributed by atoms with Gasteiger partial charge >= 0.3 is 0 Å². The van der Waals surface area contributed by atoms with Crippen LogP contribution >= 0.6 is 0 Å². The van der Waals surface area contributed by atoms with Gasteiger partial charge in [-0.1, -0.05) is 18.2 Å². The van der Waals surface area contributed by atoms with Gasteiger partial charge in [-0.3, -0.25) is 4.79 Å². The molecule has 4 nitrogen and oxygen atoms in total. The Morgan fingerprint density at radius 2 is 2.07 bits per heavy atom. The second-order valence-electron chi connectivity index (χ2n) is 3.55. The van der Waals surface area contributed by atoms with Crippen molar-refractivity contribution in [2.75, 3.05) is 0 Å². The minimum Gasteiger partial charge on any atom is -0.327 e. The Morgan fingerprint density at radius 1 is 1.27 bits per heavy atom. The average molecular weight is 199 g/mol. The van der Waals surface area contributed by atoms with Crippen molar-refractivity contribution in [3.63, 3.8) is 0 Å². The van der Waals surface area contributed by atoms with Gasteiger partial charge in [0.25, 0.3) is 5.56 Å². The number of H-pyrrole nitrogens is 1. The molecule has 3 rings (SSSR count). The highest BCUT2D eigenvalue weighted by Crippen LogP contribution is 2.24. The maximum atomic E-state index is 11.2. The molecule has 15 heavy (non-hydrogen) atoms. The number of benzene rings is 1. The Labute approximate surface area is 85.1 Å². The lowest BCUT2D eigenvalue weighted by molar-refractivity contribution is 0.933. The van der Waals surface area contributed by atoms with Crippen LogP contribution in [0.4, 0.5) is 0 Å². The fraction of sp³-hybridized carbons (Fsp3) is 0.0909. The lowest BCUT2D eigenvalue weighted by Gasteiger charge is -1.94. The van der Waals surface area contributed by atoms with Gasteiger partial charge in [-0.2, -0.15) is 5.10 Å². The van der Waals surface area contributed by atoms with Crippen molar-refractivity contribution in [3.8, 4) is 0 Å². The molecule has 0 atom stereocenters. The molecule has 2 heterocycles. The summed E-state index contributed by atoms with van der Waals surface area (Å²) in [4.78, 5) is 11.2. The van der Waals surface area contributed by atoms with Gasteiger partial charge in [-0.15, -0.1) is 0 Å². The van der Waals surface area contributed by atoms with Crippen LogP contribution in [0.15, 0.2) is 35.1 Å². The van der Waals surface area contributed by atoms with E-state index in [-0.39, 0.29) is 5.56 Å². The summed E-state index contributed by atoms with van der Waals surface area (Å²) >= 11 is 0. The summed E-state index contributed by atoms with van der Waals surface area (Å²) in [6.45, 7) is 0. The molecule has 0 amide bonds. The molecule has 3 aromatic rings. The number of rotatable bonds is 0. The highest BCUT2D eigenvalue weighted by Gasteiger charge is 2.08. The molecule has 0 fully saturated rings. The predicted molar refractivity (Wildman–Crippen MR) is 58.8 cm³/mol. The van der Waals surface area contributed by atoms with Crippen molar-refractivity contribution < 1.29 is 0 Å². The van der Waals surface area contributed by atoms with Gasteiger partial charge in [-0.05, 0) is 6.07 Å². The van der Waals surface area contributed by atoms with Crippen molar-refractivity contribution in [1.29, 1.82) is 0 Å². The number of aromatic amines is 1. The maximum absolute atomic E-state index is 11.2. The quantitative estimate of drug-likeness (QED) is 0.595. The second-order valence-corrected chi connectivity index (χ2v) is 3.55. The molecule has 1 aromatic carbocycles. The van der Waals surface area contributed by atoms with Gasteiger partial charge in [0.05, 0.1) is 5.52 Å². The first kappa shape index (κ1) is 8.23. The van der Waals surface area contributed by atoms with E-state index in [9.17, 15) is 4.79 Å². The smallest absolute Gasteiger partial charge is 0.264 e. The molecule has 0 aliphatic carbocycles. The molecule has 74 valence electrons. The van der Waals surface area contributed by atoms with E-state index < -0.39 is 0 Å². The molecular weight excluding hydrogens is 190 g/mol. The van der Waals surface area contributed by atoms with Crippen LogP contribution < -0.4 is 5.56 Å². The molecule has 0 aliphatic rings. The minimum atomic E-state index is -0.168. The van der Waals surface area contributed by atoms with E-state index in [0.717, 1.165) is 21.9 Å². The normalized spacial score (nSPS) is 11.3. The Balaban J connectivity index is 2.70. The van der Waals surface area contributed by atoms with Crippen LogP contribution in [-0.4, -0.2) is 14.8 Å². The highest BCUT2D eigenvalue weighted by molar-refractivity contribution is 6.06. The van der Waals surface area contributed by atoms with Crippen LogP contribution in [0.25, 0.3) is 21.9 Å². The summed E-state index contributed by atoms with van der Waals surface area (Å²) in [5.74, 6) is 0. The first-order chi connectivity index (χ1) is 7.27. The molecule has 0 bridgehead atoms. The number of fused-ring (bicyclic) bond motifs is 3. The summed E-state index contributed by atoms with van der Waals surface area (Å²) in [6, 6.07) is 9.54. The van der Waals surface area contributed by atoms with Crippen LogP contribution in [0.2, 0.25) is 0 Å². The summed E-state index contributed by atoms with van der Waals surface area (Å²) in [6.07, 6.45) is 0. The monoisotopic (exact) mass is 199 g/mol. The fourth-order valence-corrected chi connectivity index (χ4v) is 1.96. The summed E-state index contributed by atoms with van der Waals surface area (Å²) < 4.78 is 1.97. The standard InChI is InChI=1S/C11H9N3O/c1-14-9-5-3-2-4-7(9)8-6-10(15)12-13-11(8)14/h2-6H,1H3,(H,12,15). The van der Waals surface area contributed by atoms with Crippen molar-refractivity contribution in [3.05, 3.63) is 40.7 Å². The Kier molecular flexibility index (Phi) is 1.48. The summed E-state index contributed by atoms with van der Waals surface area (Å²) in [5, 5.41) is 8.46. The zero-order valence-corrected chi connectivity index (χ0v) is 8.19. The second kappa shape index (κ2) is 2.70. The molecule has 0 saturated carbocycles. The van der Waals surface area contributed by atoms with Gasteiger partial charge in [0.15, 0.2) is 5.65 Å². The number of para-hydroxylation sites is 1. The third-order valence-corrected chi connectivity index (χ3v) is 2.66. The lowest BCUT2D eigenvalue weighted by atomic mass is 10.2. The van der Waals surface area contributed by atoms with Crippen LogP contribution in [-0.2, 0) is 7.05 Å². The Bertz CT molecular complexity index is 708. The van der Waals surface area contributed by atoms with Crippen molar-refractivity contribution in [2.45, 2.75) is 0 Å². The van der Waals surface area contributed by atoms with E-state index in [1.807, 2.05) is 35.9 Å². The molecule has 0 saturated heterocycles. The van der Waals surface area contributed by atoms with Crippen LogP contribution in [0.3, 0.4) is 0 Å². The molecule has 0 radical (unpaired) electrons. The average Bonchev–Trinajstić information content (AvgIpc) is 2.54. The molecule has 0 aliphatic heterocycles. The molecule has 1 N–H and O–H groups in total. The topological polar surface area (TPSA) is 50.7 Å². The third-order valence-electron chi connectivity index (χ3n) is 2.66. The van der Waals surface area contributed by atoms with E-state index in [1.54, 1.807) is 6.07 Å². The van der Waals surface area contributed by atoms with E-state index in [4.69, 9.17) is 0 Å². The Morgan fingerprint density at radius 3 is 2.93 bits per heavy atom. The van der Waals surface area contributed by atoms with Crippen LogP contribution in [0, 0.1) is 0 Å². The Hall–Kier alpha value is -2.10. The summed E-state index contributed by atoms with van der Waals surface area (Å²) in [5.41, 5.74) is 1.72. The van der Waals surface area contributed by atoms with Crippen molar-refractivity contribution in [2.24, 2.45) is 7.05 Å². The number of aryl methyl sites for hydroxylation is 1. The van der Waals surface area contributed by atoms with Crippen molar-refractivity contribution >= 4 is 21.9 Å². The number of hydrogen-bond acceptors (Lipinski definition) is 2. The SMILES string of the molecule is Cn1c2ccccc2c2cc(=O)[nH]nc21. The van der Waals surface area contributed by atoms with E-state index >= 15 is 0 Å². The lowest BCUT2D eigenvalue weighted by Crippen LogP contribution is -2.06. The molecule has 0 spiro atoms. The number of aromatic nitrogens is 3. The fourth-order valence-electron chi connectivity index (χ4n) is 1.96. The summed E-state index contributed by atoms with van der Waals surface area (Å²) in [7, 11) is 1.94. The van der Waals surface area contributed by atoms with Crippen LogP contribution in [0.1, 0.15) is 0 Å². The van der Waals surface area contributed by atoms with E-state index in [0.29, 0.717) is 0 Å². The first-order valence-electron chi connectivity index (χ1n) is 4.70. The molecule has 2 aromatic heterocycles. The zero-order chi connectivity index (χ0) is 10.4. The highest BCUT2D eigenvalue weighted by atomic mass is 16.1. The van der Waals surface area contributed by atoms with Gasteiger partial charge in [0.2, 0.25) is 0 Å². The van der Waals surface area contributed by atoms with Gasteiger partial charge in [-0.25, -0.2) is 5.10 Å². The van der Waals surface area contributed by atoms with Gasteiger partial charge in [0, 0.05) is 23.9 Å². The largest absolute Gasteiger partial charge is 0.327 e.